The number of rotatable bonds is 10. The number of likely N-dealkylation sites (tertiary alicyclic amines) is 1. The van der Waals surface area contributed by atoms with E-state index in [1.807, 2.05) is 50.2 Å². The molecule has 1 aliphatic rings. The van der Waals surface area contributed by atoms with Gasteiger partial charge in [-0.25, -0.2) is 4.79 Å². The van der Waals surface area contributed by atoms with Crippen molar-refractivity contribution in [2.75, 3.05) is 19.7 Å². The van der Waals surface area contributed by atoms with E-state index in [4.69, 9.17) is 9.47 Å². The van der Waals surface area contributed by atoms with E-state index in [-0.39, 0.29) is 43.9 Å². The minimum Gasteiger partial charge on any atom is -0.484 e. The van der Waals surface area contributed by atoms with E-state index in [9.17, 15) is 19.2 Å². The number of ketones is 1. The largest absolute Gasteiger partial charge is 0.484 e. The highest BCUT2D eigenvalue weighted by Gasteiger charge is 2.36. The Morgan fingerprint density at radius 1 is 1.03 bits per heavy atom. The normalized spacial score (nSPS) is 16.0. The Morgan fingerprint density at radius 3 is 2.34 bits per heavy atom. The number of benzene rings is 2. The highest BCUT2D eigenvalue weighted by Crippen LogP contribution is 2.12. The maximum Gasteiger partial charge on any atom is 0.408 e. The van der Waals surface area contributed by atoms with Gasteiger partial charge in [-0.05, 0) is 30.0 Å². The summed E-state index contributed by atoms with van der Waals surface area (Å²) in [5, 5.41) is 5.27. The molecule has 1 saturated heterocycles. The van der Waals surface area contributed by atoms with Crippen LogP contribution in [0, 0.1) is 5.92 Å². The molecule has 3 amide bonds. The Morgan fingerprint density at radius 2 is 1.69 bits per heavy atom. The van der Waals surface area contributed by atoms with Gasteiger partial charge in [-0.2, -0.15) is 0 Å². The summed E-state index contributed by atoms with van der Waals surface area (Å²) in [7, 11) is 0. The van der Waals surface area contributed by atoms with E-state index < -0.39 is 24.1 Å². The number of hydrogen-bond donors (Lipinski definition) is 2. The lowest BCUT2D eigenvalue weighted by molar-refractivity contribution is -0.133. The summed E-state index contributed by atoms with van der Waals surface area (Å²) in [6.45, 7) is 3.66. The van der Waals surface area contributed by atoms with Gasteiger partial charge in [0.05, 0.1) is 6.54 Å². The second kappa shape index (κ2) is 12.5. The molecule has 0 aliphatic carbocycles. The van der Waals surface area contributed by atoms with Crippen molar-refractivity contribution in [1.29, 1.82) is 0 Å². The summed E-state index contributed by atoms with van der Waals surface area (Å²) in [5.41, 5.74) is 0.824. The van der Waals surface area contributed by atoms with Crippen LogP contribution in [0.5, 0.6) is 5.75 Å². The number of ether oxygens (including phenoxy) is 2. The summed E-state index contributed by atoms with van der Waals surface area (Å²) in [6.07, 6.45) is -0.358. The molecule has 2 aromatic carbocycles. The second-order valence-electron chi connectivity index (χ2n) is 8.79. The zero-order valence-corrected chi connectivity index (χ0v) is 19.9. The van der Waals surface area contributed by atoms with Gasteiger partial charge in [0.1, 0.15) is 24.4 Å². The van der Waals surface area contributed by atoms with Gasteiger partial charge >= 0.3 is 6.09 Å². The Hall–Kier alpha value is -3.88. The Labute approximate surface area is 204 Å². The highest BCUT2D eigenvalue weighted by atomic mass is 16.5. The predicted molar refractivity (Wildman–Crippen MR) is 128 cm³/mol. The average Bonchev–Trinajstić information content (AvgIpc) is 3.22. The van der Waals surface area contributed by atoms with Gasteiger partial charge in [0, 0.05) is 6.54 Å². The van der Waals surface area contributed by atoms with Crippen LogP contribution in [-0.4, -0.2) is 60.4 Å². The lowest BCUT2D eigenvalue weighted by Gasteiger charge is -2.22. The summed E-state index contributed by atoms with van der Waals surface area (Å²) in [4.78, 5) is 51.5. The van der Waals surface area contributed by atoms with Crippen LogP contribution < -0.4 is 15.4 Å². The third-order valence-electron chi connectivity index (χ3n) is 5.44. The van der Waals surface area contributed by atoms with Gasteiger partial charge in [-0.3, -0.25) is 14.4 Å². The van der Waals surface area contributed by atoms with Crippen molar-refractivity contribution in [3.8, 4) is 5.75 Å². The van der Waals surface area contributed by atoms with Crippen molar-refractivity contribution in [3.05, 3.63) is 66.2 Å². The number of alkyl carbamates (subject to hydrolysis) is 1. The van der Waals surface area contributed by atoms with Crippen LogP contribution in [0.15, 0.2) is 60.7 Å². The molecule has 1 fully saturated rings. The first-order valence-electron chi connectivity index (χ1n) is 11.6. The number of para-hydroxylation sites is 1. The average molecular weight is 482 g/mol. The van der Waals surface area contributed by atoms with Crippen LogP contribution in [-0.2, 0) is 25.7 Å². The van der Waals surface area contributed by atoms with Gasteiger partial charge in [-0.15, -0.1) is 0 Å². The third-order valence-corrected chi connectivity index (χ3v) is 5.44. The first kappa shape index (κ1) is 25.7. The Balaban J connectivity index is 1.51. The Kier molecular flexibility index (Phi) is 9.23. The SMILES string of the molecule is CC(C)C[C@H](NC(=O)OCc1ccccc1)C(=O)NC1CN(C(=O)COc2ccccc2)CC1=O. The standard InChI is InChI=1S/C26H31N3O6/c1-18(2)13-21(28-26(33)35-16-19-9-5-3-6-10-19)25(32)27-22-14-29(15-23(22)30)24(31)17-34-20-11-7-4-8-12-20/h3-12,18,21-22H,13-17H2,1-2H3,(H,27,32)(H,28,33)/t21-,22?/m0/s1. The fourth-order valence-electron chi connectivity index (χ4n) is 3.64. The van der Waals surface area contributed by atoms with E-state index in [0.717, 1.165) is 5.56 Å². The lowest BCUT2D eigenvalue weighted by Crippen LogP contribution is -2.52. The number of amides is 3. The minimum atomic E-state index is -0.878. The molecule has 2 aromatic rings. The van der Waals surface area contributed by atoms with Gasteiger partial charge in [0.2, 0.25) is 5.91 Å². The van der Waals surface area contributed by atoms with Crippen molar-refractivity contribution in [2.45, 2.75) is 39.0 Å². The van der Waals surface area contributed by atoms with E-state index in [1.54, 1.807) is 24.3 Å². The van der Waals surface area contributed by atoms with Gasteiger partial charge in [0.15, 0.2) is 12.4 Å². The van der Waals surface area contributed by atoms with Crippen molar-refractivity contribution in [2.24, 2.45) is 5.92 Å². The van der Waals surface area contributed by atoms with Crippen molar-refractivity contribution in [1.82, 2.24) is 15.5 Å². The minimum absolute atomic E-state index is 0.0500. The topological polar surface area (TPSA) is 114 Å². The molecule has 3 rings (SSSR count). The summed E-state index contributed by atoms with van der Waals surface area (Å²) in [5.74, 6) is -0.462. The molecule has 9 nitrogen and oxygen atoms in total. The molecule has 2 N–H and O–H groups in total. The van der Waals surface area contributed by atoms with Crippen molar-refractivity contribution < 1.29 is 28.7 Å². The number of hydrogen-bond acceptors (Lipinski definition) is 6. The van der Waals surface area contributed by atoms with E-state index >= 15 is 0 Å². The van der Waals surface area contributed by atoms with Gasteiger partial charge < -0.3 is 25.0 Å². The number of carbonyl (C=O) groups is 4. The van der Waals surface area contributed by atoms with Crippen LogP contribution >= 0.6 is 0 Å². The molecular weight excluding hydrogens is 450 g/mol. The quantitative estimate of drug-likeness (QED) is 0.538. The number of carbonyl (C=O) groups excluding carboxylic acids is 4. The molecule has 9 heteroatoms. The summed E-state index contributed by atoms with van der Waals surface area (Å²) in [6, 6.07) is 16.4. The fourth-order valence-corrected chi connectivity index (χ4v) is 3.64. The zero-order valence-electron chi connectivity index (χ0n) is 19.9. The maximum absolute atomic E-state index is 12.9. The van der Waals surface area contributed by atoms with Gasteiger partial charge in [-0.1, -0.05) is 62.4 Å². The van der Waals surface area contributed by atoms with E-state index in [1.165, 1.54) is 4.90 Å². The number of Topliss-reactive ketones (excluding diaryl/α,β-unsaturated/α-hetero) is 1. The first-order chi connectivity index (χ1) is 16.8. The molecule has 35 heavy (non-hydrogen) atoms. The highest BCUT2D eigenvalue weighted by molar-refractivity contribution is 5.97. The van der Waals surface area contributed by atoms with E-state index in [2.05, 4.69) is 10.6 Å². The van der Waals surface area contributed by atoms with Crippen LogP contribution in [0.1, 0.15) is 25.8 Å². The van der Waals surface area contributed by atoms with Crippen LogP contribution in [0.25, 0.3) is 0 Å². The molecule has 0 bridgehead atoms. The monoisotopic (exact) mass is 481 g/mol. The molecule has 0 aromatic heterocycles. The Bertz CT molecular complexity index is 1010. The molecular formula is C26H31N3O6. The lowest BCUT2D eigenvalue weighted by atomic mass is 10.0. The summed E-state index contributed by atoms with van der Waals surface area (Å²) >= 11 is 0. The second-order valence-corrected chi connectivity index (χ2v) is 8.79. The fraction of sp³-hybridized carbons (Fsp3) is 0.385. The third kappa shape index (κ3) is 8.13. The van der Waals surface area contributed by atoms with Crippen molar-refractivity contribution >= 4 is 23.7 Å². The van der Waals surface area contributed by atoms with Crippen LogP contribution in [0.2, 0.25) is 0 Å². The molecule has 0 spiro atoms. The maximum atomic E-state index is 12.9. The molecule has 2 atom stereocenters. The molecule has 1 unspecified atom stereocenters. The zero-order chi connectivity index (χ0) is 25.2. The molecule has 0 radical (unpaired) electrons. The molecule has 1 aliphatic heterocycles. The van der Waals surface area contributed by atoms with Gasteiger partial charge in [0.25, 0.3) is 5.91 Å². The van der Waals surface area contributed by atoms with Crippen molar-refractivity contribution in [3.63, 3.8) is 0 Å². The first-order valence-corrected chi connectivity index (χ1v) is 11.6. The molecule has 186 valence electrons. The number of nitrogens with zero attached hydrogens (tertiary/aromatic N) is 1. The summed E-state index contributed by atoms with van der Waals surface area (Å²) < 4.78 is 10.7. The smallest absolute Gasteiger partial charge is 0.408 e. The van der Waals surface area contributed by atoms with Crippen LogP contribution in [0.4, 0.5) is 4.79 Å². The molecule has 0 saturated carbocycles. The predicted octanol–water partition coefficient (Wildman–Crippen LogP) is 2.30. The van der Waals surface area contributed by atoms with Crippen LogP contribution in [0.3, 0.4) is 0 Å². The molecule has 1 heterocycles. The number of nitrogens with one attached hydrogen (secondary N) is 2. The van der Waals surface area contributed by atoms with E-state index in [0.29, 0.717) is 12.2 Å².